The van der Waals surface area contributed by atoms with Crippen LogP contribution < -0.4 is 5.43 Å². The van der Waals surface area contributed by atoms with E-state index in [-0.39, 0.29) is 17.0 Å². The summed E-state index contributed by atoms with van der Waals surface area (Å²) in [5.41, 5.74) is 2.97. The van der Waals surface area contributed by atoms with E-state index in [9.17, 15) is 20.0 Å². The van der Waals surface area contributed by atoms with Gasteiger partial charge in [-0.1, -0.05) is 6.07 Å². The second-order valence-electron chi connectivity index (χ2n) is 4.22. The van der Waals surface area contributed by atoms with Crippen LogP contribution in [0.5, 0.6) is 5.75 Å². The molecule has 0 saturated carbocycles. The fourth-order valence-corrected chi connectivity index (χ4v) is 2.13. The van der Waals surface area contributed by atoms with Gasteiger partial charge in [0.25, 0.3) is 11.6 Å². The predicted octanol–water partition coefficient (Wildman–Crippen LogP) is 2.67. The Hall–Kier alpha value is -2.49. The third-order valence-electron chi connectivity index (χ3n) is 2.67. The zero-order valence-corrected chi connectivity index (χ0v) is 13.2. The molecule has 0 fully saturated rings. The predicted molar refractivity (Wildman–Crippen MR) is 89.0 cm³/mol. The van der Waals surface area contributed by atoms with Crippen molar-refractivity contribution in [3.05, 3.63) is 67.3 Å². The van der Waals surface area contributed by atoms with Crippen LogP contribution in [0.25, 0.3) is 0 Å². The van der Waals surface area contributed by atoms with Gasteiger partial charge in [0.2, 0.25) is 0 Å². The Morgan fingerprint density at radius 1 is 1.32 bits per heavy atom. The van der Waals surface area contributed by atoms with E-state index in [1.165, 1.54) is 36.5 Å². The molecular formula is C14H10IN3O4. The fourth-order valence-electron chi connectivity index (χ4n) is 1.59. The number of phenols is 1. The van der Waals surface area contributed by atoms with Crippen molar-refractivity contribution in [1.29, 1.82) is 0 Å². The number of non-ortho nitro benzene ring substituents is 1. The smallest absolute Gasteiger partial charge is 0.271 e. The quantitative estimate of drug-likeness (QED) is 0.349. The summed E-state index contributed by atoms with van der Waals surface area (Å²) in [6.07, 6.45) is 1.41. The van der Waals surface area contributed by atoms with Crippen LogP contribution in [-0.2, 0) is 0 Å². The minimum absolute atomic E-state index is 0.145. The number of nitro benzene ring substituents is 1. The molecule has 2 aromatic rings. The first kappa shape index (κ1) is 15.9. The molecule has 7 nitrogen and oxygen atoms in total. The summed E-state index contributed by atoms with van der Waals surface area (Å²) in [5.74, 6) is -0.383. The second kappa shape index (κ2) is 6.98. The zero-order valence-electron chi connectivity index (χ0n) is 11.1. The molecule has 0 bridgehead atoms. The molecule has 22 heavy (non-hydrogen) atoms. The van der Waals surface area contributed by atoms with E-state index in [1.54, 1.807) is 12.1 Å². The lowest BCUT2D eigenvalue weighted by molar-refractivity contribution is -0.384. The van der Waals surface area contributed by atoms with Crippen molar-refractivity contribution in [3.63, 3.8) is 0 Å². The van der Waals surface area contributed by atoms with Crippen molar-refractivity contribution in [2.75, 3.05) is 0 Å². The van der Waals surface area contributed by atoms with Crippen molar-refractivity contribution in [3.8, 4) is 5.75 Å². The highest BCUT2D eigenvalue weighted by molar-refractivity contribution is 14.1. The zero-order chi connectivity index (χ0) is 16.1. The molecule has 8 heteroatoms. The van der Waals surface area contributed by atoms with E-state index in [1.807, 2.05) is 22.6 Å². The average Bonchev–Trinajstić information content (AvgIpc) is 2.51. The lowest BCUT2D eigenvalue weighted by atomic mass is 10.2. The van der Waals surface area contributed by atoms with Gasteiger partial charge in [0, 0.05) is 17.7 Å². The van der Waals surface area contributed by atoms with Crippen molar-refractivity contribution >= 4 is 40.4 Å². The van der Waals surface area contributed by atoms with Gasteiger partial charge in [-0.2, -0.15) is 5.10 Å². The van der Waals surface area contributed by atoms with Crippen molar-refractivity contribution in [2.24, 2.45) is 5.10 Å². The van der Waals surface area contributed by atoms with Crippen molar-refractivity contribution < 1.29 is 14.8 Å². The van der Waals surface area contributed by atoms with E-state index < -0.39 is 10.8 Å². The van der Waals surface area contributed by atoms with Gasteiger partial charge in [0.05, 0.1) is 14.7 Å². The maximum Gasteiger partial charge on any atom is 0.271 e. The van der Waals surface area contributed by atoms with Crippen LogP contribution >= 0.6 is 22.6 Å². The Labute approximate surface area is 139 Å². The minimum Gasteiger partial charge on any atom is -0.507 e. The monoisotopic (exact) mass is 411 g/mol. The second-order valence-corrected chi connectivity index (χ2v) is 5.38. The van der Waals surface area contributed by atoms with Gasteiger partial charge in [-0.15, -0.1) is 0 Å². The SMILES string of the molecule is O=C(N/N=C\c1ccc(O)c(I)c1)c1cccc([N+](=O)[O-])c1. The first-order valence-electron chi connectivity index (χ1n) is 6.04. The molecule has 0 aliphatic heterocycles. The lowest BCUT2D eigenvalue weighted by Gasteiger charge is -2.00. The fraction of sp³-hybridized carbons (Fsp3) is 0. The number of nitro groups is 1. The summed E-state index contributed by atoms with van der Waals surface area (Å²) in [6, 6.07) is 10.2. The summed E-state index contributed by atoms with van der Waals surface area (Å²) >= 11 is 1.97. The van der Waals surface area contributed by atoms with Gasteiger partial charge in [-0.3, -0.25) is 14.9 Å². The van der Waals surface area contributed by atoms with Crippen LogP contribution in [-0.4, -0.2) is 22.2 Å². The molecular weight excluding hydrogens is 401 g/mol. The Morgan fingerprint density at radius 3 is 2.77 bits per heavy atom. The molecule has 0 atom stereocenters. The van der Waals surface area contributed by atoms with Crippen LogP contribution in [0.15, 0.2) is 47.6 Å². The highest BCUT2D eigenvalue weighted by Gasteiger charge is 2.10. The normalized spacial score (nSPS) is 10.6. The van der Waals surface area contributed by atoms with Gasteiger partial charge < -0.3 is 5.11 Å². The number of hydrazone groups is 1. The maximum absolute atomic E-state index is 11.8. The summed E-state index contributed by atoms with van der Waals surface area (Å²) in [6.45, 7) is 0. The van der Waals surface area contributed by atoms with E-state index in [0.29, 0.717) is 9.13 Å². The molecule has 0 aromatic heterocycles. The number of nitrogens with one attached hydrogen (secondary N) is 1. The molecule has 1 amide bonds. The van der Waals surface area contributed by atoms with Gasteiger partial charge in [-0.05, 0) is 52.4 Å². The van der Waals surface area contributed by atoms with E-state index >= 15 is 0 Å². The molecule has 112 valence electrons. The number of phenolic OH excluding ortho intramolecular Hbond substituents is 1. The maximum atomic E-state index is 11.8. The van der Waals surface area contributed by atoms with Crippen LogP contribution in [0.3, 0.4) is 0 Å². The van der Waals surface area contributed by atoms with Gasteiger partial charge in [0.15, 0.2) is 0 Å². The lowest BCUT2D eigenvalue weighted by Crippen LogP contribution is -2.17. The molecule has 2 rings (SSSR count). The largest absolute Gasteiger partial charge is 0.507 e. The third kappa shape index (κ3) is 4.01. The van der Waals surface area contributed by atoms with Crippen molar-refractivity contribution in [2.45, 2.75) is 0 Å². The molecule has 2 aromatic carbocycles. The molecule has 0 spiro atoms. The minimum atomic E-state index is -0.571. The number of hydrogen-bond donors (Lipinski definition) is 2. The van der Waals surface area contributed by atoms with Crippen LogP contribution in [0, 0.1) is 13.7 Å². The van der Waals surface area contributed by atoms with Gasteiger partial charge in [0.1, 0.15) is 5.75 Å². The molecule has 0 aliphatic rings. The molecule has 0 saturated heterocycles. The highest BCUT2D eigenvalue weighted by Crippen LogP contribution is 2.19. The Bertz CT molecular complexity index is 762. The number of nitrogens with zero attached hydrogens (tertiary/aromatic N) is 2. The molecule has 0 aliphatic carbocycles. The Kier molecular flexibility index (Phi) is 5.04. The molecule has 0 radical (unpaired) electrons. The number of hydrogen-bond acceptors (Lipinski definition) is 5. The standard InChI is InChI=1S/C14H10IN3O4/c15-12-6-9(4-5-13(12)19)8-16-17-14(20)10-2-1-3-11(7-10)18(21)22/h1-8,19H,(H,17,20)/b16-8-. The Balaban J connectivity index is 2.06. The number of amides is 1. The number of carbonyl (C=O) groups excluding carboxylic acids is 1. The van der Waals surface area contributed by atoms with Gasteiger partial charge >= 0.3 is 0 Å². The van der Waals surface area contributed by atoms with E-state index in [4.69, 9.17) is 0 Å². The van der Waals surface area contributed by atoms with Crippen LogP contribution in [0.1, 0.15) is 15.9 Å². The average molecular weight is 411 g/mol. The number of benzene rings is 2. The van der Waals surface area contributed by atoms with Crippen molar-refractivity contribution in [1.82, 2.24) is 5.43 Å². The first-order valence-corrected chi connectivity index (χ1v) is 7.11. The third-order valence-corrected chi connectivity index (χ3v) is 3.53. The topological polar surface area (TPSA) is 105 Å². The first-order chi connectivity index (χ1) is 10.5. The van der Waals surface area contributed by atoms with E-state index in [0.717, 1.165) is 0 Å². The summed E-state index contributed by atoms with van der Waals surface area (Å²) in [5, 5.41) is 23.8. The summed E-state index contributed by atoms with van der Waals surface area (Å²) in [4.78, 5) is 21.9. The molecule has 0 unspecified atom stereocenters. The van der Waals surface area contributed by atoms with E-state index in [2.05, 4.69) is 10.5 Å². The number of carbonyl (C=O) groups is 1. The van der Waals surface area contributed by atoms with Crippen LogP contribution in [0.2, 0.25) is 0 Å². The van der Waals surface area contributed by atoms with Gasteiger partial charge in [-0.25, -0.2) is 5.43 Å². The number of aromatic hydroxyl groups is 1. The number of rotatable bonds is 4. The highest BCUT2D eigenvalue weighted by atomic mass is 127. The molecule has 2 N–H and O–H groups in total. The van der Waals surface area contributed by atoms with Crippen LogP contribution in [0.4, 0.5) is 5.69 Å². The number of halogens is 1. The summed E-state index contributed by atoms with van der Waals surface area (Å²) in [7, 11) is 0. The summed E-state index contributed by atoms with van der Waals surface area (Å²) < 4.78 is 0.659. The Morgan fingerprint density at radius 2 is 2.09 bits per heavy atom. The molecule has 0 heterocycles.